The molecule has 4 nitrogen and oxygen atoms in total. The van der Waals surface area contributed by atoms with Gasteiger partial charge in [-0.15, -0.1) is 0 Å². The molecule has 2 rings (SSSR count). The van der Waals surface area contributed by atoms with Crippen molar-refractivity contribution in [2.75, 3.05) is 0 Å². The first kappa shape index (κ1) is 14.9. The summed E-state index contributed by atoms with van der Waals surface area (Å²) >= 11 is 3.32. The van der Waals surface area contributed by atoms with Gasteiger partial charge in [-0.3, -0.25) is 0 Å². The third kappa shape index (κ3) is 4.01. The Hall–Kier alpha value is -1.47. The molecule has 0 spiro atoms. The van der Waals surface area contributed by atoms with Crippen molar-refractivity contribution in [3.05, 3.63) is 46.5 Å². The lowest BCUT2D eigenvalue weighted by atomic mass is 10.2. The van der Waals surface area contributed by atoms with Crippen molar-refractivity contribution < 1.29 is 13.5 Å². The largest absolute Gasteiger partial charge is 0.434 e. The van der Waals surface area contributed by atoms with Gasteiger partial charge in [0.15, 0.2) is 0 Å². The fourth-order valence-electron chi connectivity index (χ4n) is 1.77. The summed E-state index contributed by atoms with van der Waals surface area (Å²) in [5.41, 5.74) is 0.661. The van der Waals surface area contributed by atoms with Gasteiger partial charge in [0, 0.05) is 36.0 Å². The lowest BCUT2D eigenvalue weighted by Crippen LogP contribution is -2.17. The van der Waals surface area contributed by atoms with Crippen LogP contribution in [-0.4, -0.2) is 16.2 Å². The Kier molecular flexibility index (Phi) is 5.08. The van der Waals surface area contributed by atoms with Crippen molar-refractivity contribution in [1.82, 2.24) is 14.9 Å². The van der Waals surface area contributed by atoms with Crippen LogP contribution in [0.1, 0.15) is 11.4 Å². The molecular weight excluding hydrogens is 332 g/mol. The molecule has 0 amide bonds. The molecule has 7 heteroatoms. The number of benzene rings is 1. The Morgan fingerprint density at radius 2 is 2.20 bits per heavy atom. The van der Waals surface area contributed by atoms with Crippen LogP contribution in [0, 0.1) is 0 Å². The second-order valence-electron chi connectivity index (χ2n) is 4.19. The molecular formula is C13H14BrF2N3O. The van der Waals surface area contributed by atoms with Crippen LogP contribution in [-0.2, 0) is 20.1 Å². The summed E-state index contributed by atoms with van der Waals surface area (Å²) in [6.45, 7) is -1.87. The van der Waals surface area contributed by atoms with Crippen molar-refractivity contribution in [1.29, 1.82) is 0 Å². The van der Waals surface area contributed by atoms with Crippen LogP contribution in [0.5, 0.6) is 5.75 Å². The second kappa shape index (κ2) is 6.81. The first-order valence-corrected chi connectivity index (χ1v) is 6.75. The highest BCUT2D eigenvalue weighted by atomic mass is 79.9. The minimum atomic E-state index is -2.83. The number of hydrogen-bond donors (Lipinski definition) is 1. The summed E-state index contributed by atoms with van der Waals surface area (Å²) in [5, 5.41) is 3.16. The summed E-state index contributed by atoms with van der Waals surface area (Å²) in [7, 11) is 1.90. The van der Waals surface area contributed by atoms with Crippen LogP contribution in [0.2, 0.25) is 0 Å². The van der Waals surface area contributed by atoms with E-state index in [2.05, 4.69) is 31.0 Å². The molecule has 0 bridgehead atoms. The van der Waals surface area contributed by atoms with Crippen molar-refractivity contribution in [2.45, 2.75) is 19.7 Å². The van der Waals surface area contributed by atoms with Crippen molar-refractivity contribution >= 4 is 15.9 Å². The SMILES string of the molecule is Cn1ccnc1CNCc1cc(Br)ccc1OC(F)F. The number of hydrogen-bond acceptors (Lipinski definition) is 3. The Labute approximate surface area is 123 Å². The summed E-state index contributed by atoms with van der Waals surface area (Å²) in [6.07, 6.45) is 3.56. The zero-order valence-electron chi connectivity index (χ0n) is 10.8. The van der Waals surface area contributed by atoms with Gasteiger partial charge in [0.05, 0.1) is 6.54 Å². The number of imidazole rings is 1. The molecule has 0 saturated carbocycles. The number of rotatable bonds is 6. The highest BCUT2D eigenvalue weighted by Gasteiger charge is 2.10. The summed E-state index contributed by atoms with van der Waals surface area (Å²) in [4.78, 5) is 4.18. The first-order valence-electron chi connectivity index (χ1n) is 5.96. The van der Waals surface area contributed by atoms with Gasteiger partial charge in [-0.2, -0.15) is 8.78 Å². The summed E-state index contributed by atoms with van der Waals surface area (Å²) in [5.74, 6) is 1.05. The standard InChI is InChI=1S/C13H14BrF2N3O/c1-19-5-4-18-12(19)8-17-7-9-6-10(14)2-3-11(9)20-13(15)16/h2-6,13,17H,7-8H2,1H3. The molecule has 0 fully saturated rings. The zero-order valence-corrected chi connectivity index (χ0v) is 12.4. The number of nitrogens with one attached hydrogen (secondary N) is 1. The van der Waals surface area contributed by atoms with Gasteiger partial charge in [-0.05, 0) is 18.2 Å². The maximum absolute atomic E-state index is 12.3. The molecule has 0 aliphatic rings. The fourth-order valence-corrected chi connectivity index (χ4v) is 2.18. The molecule has 0 saturated heterocycles. The maximum Gasteiger partial charge on any atom is 0.387 e. The molecule has 108 valence electrons. The molecule has 0 radical (unpaired) electrons. The van der Waals surface area contributed by atoms with Crippen LogP contribution >= 0.6 is 15.9 Å². The molecule has 0 aliphatic heterocycles. The maximum atomic E-state index is 12.3. The van der Waals surface area contributed by atoms with Crippen LogP contribution < -0.4 is 10.1 Å². The number of ether oxygens (including phenoxy) is 1. The van der Waals surface area contributed by atoms with Crippen molar-refractivity contribution in [3.8, 4) is 5.75 Å². The van der Waals surface area contributed by atoms with E-state index in [9.17, 15) is 8.78 Å². The molecule has 0 unspecified atom stereocenters. The highest BCUT2D eigenvalue weighted by Crippen LogP contribution is 2.24. The molecule has 20 heavy (non-hydrogen) atoms. The Bertz CT molecular complexity index is 574. The van der Waals surface area contributed by atoms with E-state index in [1.165, 1.54) is 6.07 Å². The van der Waals surface area contributed by atoms with Gasteiger partial charge in [0.2, 0.25) is 0 Å². The van der Waals surface area contributed by atoms with E-state index in [0.29, 0.717) is 18.7 Å². The van der Waals surface area contributed by atoms with Gasteiger partial charge in [0.25, 0.3) is 0 Å². The van der Waals surface area contributed by atoms with E-state index in [0.717, 1.165) is 10.3 Å². The third-order valence-electron chi connectivity index (χ3n) is 2.76. The van der Waals surface area contributed by atoms with Crippen LogP contribution in [0.15, 0.2) is 35.1 Å². The van der Waals surface area contributed by atoms with E-state index >= 15 is 0 Å². The predicted octanol–water partition coefficient (Wildman–Crippen LogP) is 3.07. The van der Waals surface area contributed by atoms with Crippen LogP contribution in [0.4, 0.5) is 8.78 Å². The fraction of sp³-hybridized carbons (Fsp3) is 0.308. The van der Waals surface area contributed by atoms with Crippen molar-refractivity contribution in [3.63, 3.8) is 0 Å². The Morgan fingerprint density at radius 3 is 2.85 bits per heavy atom. The van der Waals surface area contributed by atoms with E-state index in [4.69, 9.17) is 0 Å². The van der Waals surface area contributed by atoms with Gasteiger partial charge < -0.3 is 14.6 Å². The Balaban J connectivity index is 2.01. The molecule has 1 aromatic heterocycles. The summed E-state index contributed by atoms with van der Waals surface area (Å²) < 4.78 is 31.9. The number of aromatic nitrogens is 2. The number of halogens is 3. The molecule has 1 N–H and O–H groups in total. The first-order chi connectivity index (χ1) is 9.56. The van der Waals surface area contributed by atoms with Gasteiger partial charge in [0.1, 0.15) is 11.6 Å². The number of nitrogens with zero attached hydrogens (tertiary/aromatic N) is 2. The molecule has 0 aliphatic carbocycles. The lowest BCUT2D eigenvalue weighted by molar-refractivity contribution is -0.0505. The smallest absolute Gasteiger partial charge is 0.387 e. The monoisotopic (exact) mass is 345 g/mol. The van der Waals surface area contributed by atoms with Crippen LogP contribution in [0.3, 0.4) is 0 Å². The van der Waals surface area contributed by atoms with Crippen molar-refractivity contribution in [2.24, 2.45) is 7.05 Å². The molecule has 0 atom stereocenters. The summed E-state index contributed by atoms with van der Waals surface area (Å²) in [6, 6.07) is 4.94. The van der Waals surface area contributed by atoms with Gasteiger partial charge >= 0.3 is 6.61 Å². The number of aryl methyl sites for hydroxylation is 1. The molecule has 1 heterocycles. The van der Waals surface area contributed by atoms with E-state index in [1.807, 2.05) is 17.8 Å². The normalized spacial score (nSPS) is 11.1. The average Bonchev–Trinajstić information content (AvgIpc) is 2.78. The van der Waals surface area contributed by atoms with Gasteiger partial charge in [-0.1, -0.05) is 15.9 Å². The van der Waals surface area contributed by atoms with Gasteiger partial charge in [-0.25, -0.2) is 4.98 Å². The minimum Gasteiger partial charge on any atom is -0.434 e. The quantitative estimate of drug-likeness (QED) is 0.874. The highest BCUT2D eigenvalue weighted by molar-refractivity contribution is 9.10. The van der Waals surface area contributed by atoms with Crippen LogP contribution in [0.25, 0.3) is 0 Å². The molecule has 1 aromatic carbocycles. The minimum absolute atomic E-state index is 0.176. The lowest BCUT2D eigenvalue weighted by Gasteiger charge is -2.12. The second-order valence-corrected chi connectivity index (χ2v) is 5.10. The topological polar surface area (TPSA) is 39.1 Å². The van der Waals surface area contributed by atoms with E-state index in [1.54, 1.807) is 18.3 Å². The zero-order chi connectivity index (χ0) is 14.5. The van der Waals surface area contributed by atoms with E-state index < -0.39 is 6.61 Å². The predicted molar refractivity (Wildman–Crippen MR) is 74.5 cm³/mol. The Morgan fingerprint density at radius 1 is 1.40 bits per heavy atom. The average molecular weight is 346 g/mol. The number of alkyl halides is 2. The van der Waals surface area contributed by atoms with E-state index in [-0.39, 0.29) is 5.75 Å². The third-order valence-corrected chi connectivity index (χ3v) is 3.25. The molecule has 2 aromatic rings.